The van der Waals surface area contributed by atoms with Crippen LogP contribution in [-0.4, -0.2) is 13.2 Å². The predicted molar refractivity (Wildman–Crippen MR) is 77.9 cm³/mol. The Labute approximate surface area is 116 Å². The zero-order chi connectivity index (χ0) is 14.1. The third-order valence-corrected chi connectivity index (χ3v) is 3.00. The van der Waals surface area contributed by atoms with Gasteiger partial charge in [0.1, 0.15) is 5.75 Å². The summed E-state index contributed by atoms with van der Waals surface area (Å²) in [5, 5.41) is 12.3. The van der Waals surface area contributed by atoms with Crippen molar-refractivity contribution in [2.24, 2.45) is 5.41 Å². The van der Waals surface area contributed by atoms with Gasteiger partial charge in [-0.15, -0.1) is 0 Å². The van der Waals surface area contributed by atoms with Crippen LogP contribution in [0.1, 0.15) is 39.2 Å². The van der Waals surface area contributed by atoms with E-state index in [-0.39, 0.29) is 5.41 Å². The summed E-state index contributed by atoms with van der Waals surface area (Å²) < 4.78 is 5.47. The van der Waals surface area contributed by atoms with Crippen LogP contribution in [0.25, 0.3) is 0 Å². The zero-order valence-electron chi connectivity index (χ0n) is 12.2. The molecule has 3 nitrogen and oxygen atoms in total. The molecular formula is C16H24N2O. The molecule has 3 heteroatoms. The number of nitriles is 1. The average molecular weight is 260 g/mol. The Kier molecular flexibility index (Phi) is 6.38. The normalized spacial score (nSPS) is 11.1. The van der Waals surface area contributed by atoms with E-state index in [4.69, 9.17) is 10.00 Å². The van der Waals surface area contributed by atoms with E-state index in [9.17, 15) is 0 Å². The van der Waals surface area contributed by atoms with Gasteiger partial charge in [-0.25, -0.2) is 0 Å². The molecule has 0 fully saturated rings. The molecule has 0 spiro atoms. The molecule has 0 radical (unpaired) electrons. The van der Waals surface area contributed by atoms with Crippen molar-refractivity contribution >= 4 is 0 Å². The van der Waals surface area contributed by atoms with Gasteiger partial charge in [0.15, 0.2) is 0 Å². The van der Waals surface area contributed by atoms with Gasteiger partial charge < -0.3 is 10.1 Å². The number of hydrogen-bond acceptors (Lipinski definition) is 3. The summed E-state index contributed by atoms with van der Waals surface area (Å²) in [6.07, 6.45) is 1.95. The third-order valence-electron chi connectivity index (χ3n) is 3.00. The summed E-state index contributed by atoms with van der Waals surface area (Å²) in [5.74, 6) is 0.924. The van der Waals surface area contributed by atoms with Crippen LogP contribution in [0.5, 0.6) is 5.75 Å². The molecule has 0 unspecified atom stereocenters. The molecule has 0 saturated heterocycles. The molecule has 0 aromatic heterocycles. The zero-order valence-corrected chi connectivity index (χ0v) is 12.2. The lowest BCUT2D eigenvalue weighted by atomic mass is 9.90. The lowest BCUT2D eigenvalue weighted by Crippen LogP contribution is -2.17. The summed E-state index contributed by atoms with van der Waals surface area (Å²) in [6, 6.07) is 10.5. The number of nitrogens with zero attached hydrogens (tertiary/aromatic N) is 1. The van der Waals surface area contributed by atoms with Crippen molar-refractivity contribution in [3.8, 4) is 11.8 Å². The first-order valence-electron chi connectivity index (χ1n) is 6.91. The summed E-state index contributed by atoms with van der Waals surface area (Å²) >= 11 is 0. The fraction of sp³-hybridized carbons (Fsp3) is 0.562. The van der Waals surface area contributed by atoms with Gasteiger partial charge in [0.05, 0.1) is 18.1 Å². The van der Waals surface area contributed by atoms with Crippen LogP contribution in [0.15, 0.2) is 24.3 Å². The highest BCUT2D eigenvalue weighted by Crippen LogP contribution is 2.20. The first-order chi connectivity index (χ1) is 9.07. The Morgan fingerprint density at radius 1 is 1.37 bits per heavy atom. The Morgan fingerprint density at radius 2 is 2.16 bits per heavy atom. The molecule has 104 valence electrons. The van der Waals surface area contributed by atoms with Crippen LogP contribution in [0.3, 0.4) is 0 Å². The summed E-state index contributed by atoms with van der Waals surface area (Å²) in [7, 11) is 0. The van der Waals surface area contributed by atoms with E-state index in [1.165, 1.54) is 5.56 Å². The first-order valence-corrected chi connectivity index (χ1v) is 6.91. The molecular weight excluding hydrogens is 236 g/mol. The number of benzene rings is 1. The molecule has 19 heavy (non-hydrogen) atoms. The molecule has 0 saturated carbocycles. The minimum Gasteiger partial charge on any atom is -0.494 e. The Hall–Kier alpha value is -1.53. The van der Waals surface area contributed by atoms with Crippen LogP contribution in [0, 0.1) is 16.7 Å². The van der Waals surface area contributed by atoms with Gasteiger partial charge in [0, 0.05) is 6.54 Å². The molecule has 1 aromatic rings. The highest BCUT2D eigenvalue weighted by Gasteiger charge is 2.15. The van der Waals surface area contributed by atoms with E-state index in [0.29, 0.717) is 6.61 Å². The summed E-state index contributed by atoms with van der Waals surface area (Å²) in [4.78, 5) is 0. The van der Waals surface area contributed by atoms with Crippen LogP contribution in [0.4, 0.5) is 0 Å². The van der Waals surface area contributed by atoms with E-state index in [0.717, 1.165) is 31.7 Å². The van der Waals surface area contributed by atoms with Gasteiger partial charge in [-0.1, -0.05) is 12.1 Å². The fourth-order valence-electron chi connectivity index (χ4n) is 1.86. The molecule has 0 aliphatic carbocycles. The third kappa shape index (κ3) is 6.26. The highest BCUT2D eigenvalue weighted by atomic mass is 16.5. The van der Waals surface area contributed by atoms with Crippen molar-refractivity contribution in [2.75, 3.05) is 13.2 Å². The van der Waals surface area contributed by atoms with Crippen LogP contribution in [0.2, 0.25) is 0 Å². The minimum absolute atomic E-state index is 0.212. The molecule has 0 bridgehead atoms. The smallest absolute Gasteiger partial charge is 0.119 e. The SMILES string of the molecule is CCOc1cccc(CNCCCC(C)(C)C#N)c1. The van der Waals surface area contributed by atoms with Gasteiger partial charge >= 0.3 is 0 Å². The Balaban J connectivity index is 2.26. The number of ether oxygens (including phenoxy) is 1. The van der Waals surface area contributed by atoms with Crippen molar-refractivity contribution < 1.29 is 4.74 Å². The van der Waals surface area contributed by atoms with Gasteiger partial charge in [-0.05, 0) is 57.9 Å². The Bertz CT molecular complexity index is 421. The second kappa shape index (κ2) is 7.81. The van der Waals surface area contributed by atoms with E-state index in [1.54, 1.807) is 0 Å². The number of rotatable bonds is 8. The minimum atomic E-state index is -0.212. The largest absolute Gasteiger partial charge is 0.494 e. The maximum absolute atomic E-state index is 8.93. The molecule has 0 aliphatic heterocycles. The number of nitrogens with one attached hydrogen (secondary N) is 1. The second-order valence-corrected chi connectivity index (χ2v) is 5.36. The van der Waals surface area contributed by atoms with E-state index in [1.807, 2.05) is 32.9 Å². The average Bonchev–Trinajstić information content (AvgIpc) is 2.39. The fourth-order valence-corrected chi connectivity index (χ4v) is 1.86. The van der Waals surface area contributed by atoms with E-state index >= 15 is 0 Å². The molecule has 1 rings (SSSR count). The lowest BCUT2D eigenvalue weighted by molar-refractivity contribution is 0.340. The van der Waals surface area contributed by atoms with Crippen molar-refractivity contribution in [3.63, 3.8) is 0 Å². The molecule has 0 heterocycles. The first kappa shape index (κ1) is 15.5. The van der Waals surface area contributed by atoms with Crippen molar-refractivity contribution in [1.82, 2.24) is 5.32 Å². The number of hydrogen-bond donors (Lipinski definition) is 1. The monoisotopic (exact) mass is 260 g/mol. The van der Waals surface area contributed by atoms with Gasteiger partial charge in [-0.2, -0.15) is 5.26 Å². The predicted octanol–water partition coefficient (Wildman–Crippen LogP) is 3.50. The topological polar surface area (TPSA) is 45.0 Å². The molecule has 1 N–H and O–H groups in total. The summed E-state index contributed by atoms with van der Waals surface area (Å²) in [5.41, 5.74) is 1.02. The molecule has 1 aromatic carbocycles. The van der Waals surface area contributed by atoms with Crippen molar-refractivity contribution in [3.05, 3.63) is 29.8 Å². The maximum atomic E-state index is 8.93. The van der Waals surface area contributed by atoms with Gasteiger partial charge in [0.2, 0.25) is 0 Å². The standard InChI is InChI=1S/C16H24N2O/c1-4-19-15-8-5-7-14(11-15)12-18-10-6-9-16(2,3)13-17/h5,7-8,11,18H,4,6,9-10,12H2,1-3H3. The summed E-state index contributed by atoms with van der Waals surface area (Å²) in [6.45, 7) is 8.43. The quantitative estimate of drug-likeness (QED) is 0.728. The molecule has 0 amide bonds. The lowest BCUT2D eigenvalue weighted by Gasteiger charge is -2.14. The van der Waals surface area contributed by atoms with E-state index in [2.05, 4.69) is 23.5 Å². The Morgan fingerprint density at radius 3 is 2.84 bits per heavy atom. The van der Waals surface area contributed by atoms with Crippen LogP contribution >= 0.6 is 0 Å². The van der Waals surface area contributed by atoms with Crippen molar-refractivity contribution in [1.29, 1.82) is 5.26 Å². The van der Waals surface area contributed by atoms with Crippen molar-refractivity contribution in [2.45, 2.75) is 40.2 Å². The van der Waals surface area contributed by atoms with Crippen LogP contribution < -0.4 is 10.1 Å². The van der Waals surface area contributed by atoms with Crippen LogP contribution in [-0.2, 0) is 6.54 Å². The van der Waals surface area contributed by atoms with Gasteiger partial charge in [0.25, 0.3) is 0 Å². The molecule has 0 aliphatic rings. The van der Waals surface area contributed by atoms with Gasteiger partial charge in [-0.3, -0.25) is 0 Å². The molecule has 0 atom stereocenters. The maximum Gasteiger partial charge on any atom is 0.119 e. The highest BCUT2D eigenvalue weighted by molar-refractivity contribution is 5.28. The second-order valence-electron chi connectivity index (χ2n) is 5.36. The van der Waals surface area contributed by atoms with E-state index < -0.39 is 0 Å².